The maximum Gasteiger partial charge on any atom is 0.0472 e. The van der Waals surface area contributed by atoms with Crippen LogP contribution in [0.2, 0.25) is 0 Å². The molecule has 0 saturated heterocycles. The van der Waals surface area contributed by atoms with Crippen molar-refractivity contribution in [2.24, 2.45) is 4.99 Å². The van der Waals surface area contributed by atoms with Crippen LogP contribution in [-0.4, -0.2) is 11.8 Å². The minimum Gasteiger partial charge on any atom is -0.287 e. The summed E-state index contributed by atoms with van der Waals surface area (Å²) >= 11 is 0. The third-order valence-corrected chi connectivity index (χ3v) is 2.01. The Labute approximate surface area is 70.2 Å². The Morgan fingerprint density at radius 2 is 2.00 bits per heavy atom. The molecule has 0 bridgehead atoms. The molecule has 1 nitrogen and oxygen atoms in total. The topological polar surface area (TPSA) is 12.4 Å². The number of rotatable bonds is 3. The lowest BCUT2D eigenvalue weighted by Crippen LogP contribution is -2.01. The third-order valence-electron chi connectivity index (χ3n) is 2.01. The van der Waals surface area contributed by atoms with Crippen LogP contribution >= 0.6 is 0 Å². The third kappa shape index (κ3) is 3.97. The van der Waals surface area contributed by atoms with Crippen molar-refractivity contribution in [3.63, 3.8) is 0 Å². The molecule has 0 fully saturated rings. The van der Waals surface area contributed by atoms with E-state index in [1.807, 2.05) is 6.92 Å². The predicted molar refractivity (Wildman–Crippen MR) is 52.3 cm³/mol. The number of hydrogen-bond acceptors (Lipinski definition) is 1. The van der Waals surface area contributed by atoms with Crippen molar-refractivity contribution in [1.82, 2.24) is 0 Å². The Balaban J connectivity index is 4.21. The first-order valence-corrected chi connectivity index (χ1v) is 4.29. The first-order valence-electron chi connectivity index (χ1n) is 4.29. The standard InChI is InChI=1S/C10H19N/c1-6-8(3)10(5)11-9(4)7-2/h6,9H,7H2,1-5H3/b8-6-,11-10?. The van der Waals surface area contributed by atoms with E-state index in [1.165, 1.54) is 11.3 Å². The zero-order valence-corrected chi connectivity index (χ0v) is 8.31. The maximum absolute atomic E-state index is 4.51. The highest BCUT2D eigenvalue weighted by Gasteiger charge is 1.96. The molecule has 0 heterocycles. The summed E-state index contributed by atoms with van der Waals surface area (Å²) in [6.45, 7) is 10.5. The molecular weight excluding hydrogens is 134 g/mol. The fourth-order valence-corrected chi connectivity index (χ4v) is 0.733. The van der Waals surface area contributed by atoms with Crippen molar-refractivity contribution >= 4 is 5.71 Å². The van der Waals surface area contributed by atoms with Crippen LogP contribution in [0.3, 0.4) is 0 Å². The Kier molecular flexibility index (Phi) is 4.84. The van der Waals surface area contributed by atoms with Gasteiger partial charge in [-0.05, 0) is 39.7 Å². The molecule has 0 saturated carbocycles. The number of aliphatic imine (C=N–C) groups is 1. The largest absolute Gasteiger partial charge is 0.287 e. The van der Waals surface area contributed by atoms with Gasteiger partial charge in [0.1, 0.15) is 0 Å². The van der Waals surface area contributed by atoms with Crippen molar-refractivity contribution in [3.05, 3.63) is 11.6 Å². The number of nitrogens with zero attached hydrogens (tertiary/aromatic N) is 1. The highest BCUT2D eigenvalue weighted by molar-refractivity contribution is 5.97. The van der Waals surface area contributed by atoms with Crippen LogP contribution in [0.5, 0.6) is 0 Å². The minimum atomic E-state index is 0.463. The molecule has 1 heteroatoms. The van der Waals surface area contributed by atoms with Gasteiger partial charge in [0.05, 0.1) is 0 Å². The summed E-state index contributed by atoms with van der Waals surface area (Å²) in [5, 5.41) is 0. The van der Waals surface area contributed by atoms with Crippen molar-refractivity contribution in [3.8, 4) is 0 Å². The quantitative estimate of drug-likeness (QED) is 0.552. The maximum atomic E-state index is 4.51. The molecule has 0 amide bonds. The summed E-state index contributed by atoms with van der Waals surface area (Å²) in [5.74, 6) is 0. The van der Waals surface area contributed by atoms with E-state index in [-0.39, 0.29) is 0 Å². The number of allylic oxidation sites excluding steroid dienone is 2. The van der Waals surface area contributed by atoms with E-state index < -0.39 is 0 Å². The highest BCUT2D eigenvalue weighted by Crippen LogP contribution is 2.01. The molecule has 0 aliphatic heterocycles. The summed E-state index contributed by atoms with van der Waals surface area (Å²) in [6.07, 6.45) is 3.22. The van der Waals surface area contributed by atoms with Gasteiger partial charge in [-0.3, -0.25) is 4.99 Å². The molecule has 0 aromatic carbocycles. The van der Waals surface area contributed by atoms with E-state index in [0.29, 0.717) is 6.04 Å². The van der Waals surface area contributed by atoms with E-state index in [4.69, 9.17) is 0 Å². The van der Waals surface area contributed by atoms with Gasteiger partial charge in [0.2, 0.25) is 0 Å². The van der Waals surface area contributed by atoms with Gasteiger partial charge in [-0.2, -0.15) is 0 Å². The molecule has 0 N–H and O–H groups in total. The minimum absolute atomic E-state index is 0.463. The summed E-state index contributed by atoms with van der Waals surface area (Å²) in [6, 6.07) is 0.463. The molecular formula is C10H19N. The van der Waals surface area contributed by atoms with Gasteiger partial charge in [0.25, 0.3) is 0 Å². The van der Waals surface area contributed by atoms with Gasteiger partial charge >= 0.3 is 0 Å². The average molecular weight is 153 g/mol. The lowest BCUT2D eigenvalue weighted by Gasteiger charge is -2.04. The van der Waals surface area contributed by atoms with Gasteiger partial charge in [0, 0.05) is 11.8 Å². The first kappa shape index (κ1) is 10.4. The molecule has 0 spiro atoms. The lowest BCUT2D eigenvalue weighted by atomic mass is 10.2. The van der Waals surface area contributed by atoms with E-state index in [2.05, 4.69) is 38.8 Å². The SMILES string of the molecule is C/C=C(/C)C(C)=NC(C)CC. The molecule has 1 unspecified atom stereocenters. The van der Waals surface area contributed by atoms with Crippen molar-refractivity contribution in [2.45, 2.75) is 47.1 Å². The van der Waals surface area contributed by atoms with Gasteiger partial charge in [-0.1, -0.05) is 13.0 Å². The Hall–Kier alpha value is -0.590. The molecule has 0 radical (unpaired) electrons. The molecule has 0 aliphatic carbocycles. The summed E-state index contributed by atoms with van der Waals surface area (Å²) in [4.78, 5) is 4.51. The van der Waals surface area contributed by atoms with Crippen LogP contribution < -0.4 is 0 Å². The fourth-order valence-electron chi connectivity index (χ4n) is 0.733. The Morgan fingerprint density at radius 1 is 1.45 bits per heavy atom. The van der Waals surface area contributed by atoms with Crippen LogP contribution in [-0.2, 0) is 0 Å². The predicted octanol–water partition coefficient (Wildman–Crippen LogP) is 3.21. The second kappa shape index (κ2) is 5.11. The molecule has 0 aliphatic rings. The second-order valence-corrected chi connectivity index (χ2v) is 2.94. The zero-order valence-electron chi connectivity index (χ0n) is 8.31. The highest BCUT2D eigenvalue weighted by atomic mass is 14.8. The molecule has 1 atom stereocenters. The molecule has 0 aromatic rings. The normalized spacial score (nSPS) is 16.8. The van der Waals surface area contributed by atoms with E-state index >= 15 is 0 Å². The van der Waals surface area contributed by atoms with Crippen molar-refractivity contribution in [2.75, 3.05) is 0 Å². The second-order valence-electron chi connectivity index (χ2n) is 2.94. The van der Waals surface area contributed by atoms with Crippen molar-refractivity contribution in [1.29, 1.82) is 0 Å². The molecule has 64 valence electrons. The first-order chi connectivity index (χ1) is 5.11. The van der Waals surface area contributed by atoms with Gasteiger partial charge in [0.15, 0.2) is 0 Å². The van der Waals surface area contributed by atoms with Crippen LogP contribution in [0, 0.1) is 0 Å². The lowest BCUT2D eigenvalue weighted by molar-refractivity contribution is 0.716. The van der Waals surface area contributed by atoms with E-state index in [0.717, 1.165) is 6.42 Å². The average Bonchev–Trinajstić information content (AvgIpc) is 2.02. The fraction of sp³-hybridized carbons (Fsp3) is 0.700. The zero-order chi connectivity index (χ0) is 8.85. The molecule has 11 heavy (non-hydrogen) atoms. The Bertz CT molecular complexity index is 166. The van der Waals surface area contributed by atoms with E-state index in [1.54, 1.807) is 0 Å². The van der Waals surface area contributed by atoms with Gasteiger partial charge in [-0.15, -0.1) is 0 Å². The van der Waals surface area contributed by atoms with Crippen LogP contribution in [0.15, 0.2) is 16.6 Å². The van der Waals surface area contributed by atoms with Crippen molar-refractivity contribution < 1.29 is 0 Å². The van der Waals surface area contributed by atoms with E-state index in [9.17, 15) is 0 Å². The summed E-state index contributed by atoms with van der Waals surface area (Å²) in [7, 11) is 0. The number of hydrogen-bond donors (Lipinski definition) is 0. The smallest absolute Gasteiger partial charge is 0.0472 e. The van der Waals surface area contributed by atoms with Crippen LogP contribution in [0.4, 0.5) is 0 Å². The monoisotopic (exact) mass is 153 g/mol. The molecule has 0 aromatic heterocycles. The van der Waals surface area contributed by atoms with Crippen LogP contribution in [0.25, 0.3) is 0 Å². The molecule has 0 rings (SSSR count). The summed E-state index contributed by atoms with van der Waals surface area (Å²) in [5.41, 5.74) is 2.45. The van der Waals surface area contributed by atoms with Crippen LogP contribution in [0.1, 0.15) is 41.0 Å². The Morgan fingerprint density at radius 3 is 2.36 bits per heavy atom. The van der Waals surface area contributed by atoms with Gasteiger partial charge < -0.3 is 0 Å². The summed E-state index contributed by atoms with van der Waals surface area (Å²) < 4.78 is 0. The van der Waals surface area contributed by atoms with Gasteiger partial charge in [-0.25, -0.2) is 0 Å².